The number of aromatic nitrogens is 2. The minimum atomic E-state index is -4.46. The van der Waals surface area contributed by atoms with Crippen molar-refractivity contribution >= 4 is 61.5 Å². The standard InChI is InChI=1S/C36H64N7O20P3S3/c1-20-21(2)32(42-10-6-25(37)39-35(42)46)59-22(20)16-57-65(49,68)62-28-23(60-33(30(28)54-14-12-51-3)41-9-7-26(44)38-19-41)18-58-66(50,69)63-29-24(17-56-64(48,67)53-5)61-34(31(29)55-15-13-52-4)43-11-8-27(45)40-36(43)47/h8,11,20-25,28-35,39,46H,6-7,9-10,12-19,37H2,1-5H3,(H,38,44)(H,48,67)(H,49,68)(H,50,69)(H,40,45,47)/t20-,21?,22-,23-,24-,25?,28+,29+,30?,31?,32+,33+,34-,35?,64?,65?,66?/m1/s1. The van der Waals surface area contributed by atoms with Gasteiger partial charge in [0.15, 0.2) is 12.6 Å². The van der Waals surface area contributed by atoms with E-state index in [1.54, 1.807) is 9.80 Å². The first-order valence-electron chi connectivity index (χ1n) is 22.0. The van der Waals surface area contributed by atoms with E-state index in [-0.39, 0.29) is 76.6 Å². The molecule has 1 aromatic heterocycles. The van der Waals surface area contributed by atoms with Gasteiger partial charge in [-0.3, -0.25) is 38.4 Å². The van der Waals surface area contributed by atoms with Gasteiger partial charge in [0.1, 0.15) is 49.1 Å². The monoisotopic (exact) mass is 1100 g/mol. The molecule has 0 radical (unpaired) electrons. The summed E-state index contributed by atoms with van der Waals surface area (Å²) in [6.07, 6.45) is -10.4. The van der Waals surface area contributed by atoms with Crippen molar-refractivity contribution in [3.8, 4) is 0 Å². The lowest BCUT2D eigenvalue weighted by molar-refractivity contribution is -0.166. The number of nitrogens with two attached hydrogens (primary N) is 1. The summed E-state index contributed by atoms with van der Waals surface area (Å²) >= 11 is 16.2. The van der Waals surface area contributed by atoms with Crippen LogP contribution in [-0.2, 0) is 101 Å². The molecule has 5 aliphatic heterocycles. The zero-order valence-corrected chi connectivity index (χ0v) is 43.7. The van der Waals surface area contributed by atoms with Crippen molar-refractivity contribution in [2.75, 3.05) is 87.3 Å². The van der Waals surface area contributed by atoms with Gasteiger partial charge in [-0.2, -0.15) is 0 Å². The van der Waals surface area contributed by atoms with Crippen molar-refractivity contribution in [3.05, 3.63) is 33.1 Å². The van der Waals surface area contributed by atoms with Crippen molar-refractivity contribution in [1.29, 1.82) is 0 Å². The molecular weight excluding hydrogens is 1040 g/mol. The average molecular weight is 1100 g/mol. The van der Waals surface area contributed by atoms with Gasteiger partial charge in [0.2, 0.25) is 5.91 Å². The topological polar surface area (TPSA) is 329 Å². The maximum atomic E-state index is 13.0. The third-order valence-corrected chi connectivity index (χ3v) is 17.0. The summed E-state index contributed by atoms with van der Waals surface area (Å²) in [6, 6.07) is 1.08. The highest BCUT2D eigenvalue weighted by molar-refractivity contribution is 8.07. The molecule has 396 valence electrons. The molecule has 5 saturated heterocycles. The number of carbonyl (C=O) groups excluding carboxylic acids is 1. The third-order valence-electron chi connectivity index (χ3n) is 12.2. The van der Waals surface area contributed by atoms with Gasteiger partial charge >= 0.3 is 25.8 Å². The highest BCUT2D eigenvalue weighted by atomic mass is 32.5. The lowest BCUT2D eigenvalue weighted by Crippen LogP contribution is -2.62. The molecule has 9 N–H and O–H groups in total. The number of hydrogen-bond donors (Lipinski definition) is 8. The van der Waals surface area contributed by atoms with Gasteiger partial charge in [-0.05, 0) is 47.8 Å². The van der Waals surface area contributed by atoms with Gasteiger partial charge in [-0.15, -0.1) is 0 Å². The van der Waals surface area contributed by atoms with Crippen LogP contribution >= 0.6 is 20.2 Å². The molecule has 6 rings (SSSR count). The Morgan fingerprint density at radius 2 is 1.30 bits per heavy atom. The predicted octanol–water partition coefficient (Wildman–Crippen LogP) is -2.03. The number of methoxy groups -OCH3 is 2. The van der Waals surface area contributed by atoms with Crippen LogP contribution in [-0.4, -0.2) is 200 Å². The van der Waals surface area contributed by atoms with Crippen LogP contribution in [0.4, 0.5) is 0 Å². The number of hydrogen-bond acceptors (Lipinski definition) is 24. The number of carbonyl (C=O) groups is 1. The number of aliphatic hydroxyl groups excluding tert-OH is 1. The van der Waals surface area contributed by atoms with Gasteiger partial charge in [0, 0.05) is 59.0 Å². The zero-order valence-electron chi connectivity index (χ0n) is 38.5. The van der Waals surface area contributed by atoms with Gasteiger partial charge in [-0.25, -0.2) is 9.69 Å². The fourth-order valence-corrected chi connectivity index (χ4v) is 11.9. The summed E-state index contributed by atoms with van der Waals surface area (Å²) in [5.74, 6) is -0.363. The Balaban J connectivity index is 1.23. The Bertz CT molecular complexity index is 2120. The molecule has 0 aromatic carbocycles. The predicted molar refractivity (Wildman–Crippen MR) is 251 cm³/mol. The zero-order chi connectivity index (χ0) is 50.3. The fourth-order valence-electron chi connectivity index (χ4n) is 8.36. The number of amides is 1. The number of ether oxygens (including phenoxy) is 7. The Morgan fingerprint density at radius 3 is 1.84 bits per heavy atom. The van der Waals surface area contributed by atoms with Crippen LogP contribution in [0.15, 0.2) is 21.9 Å². The van der Waals surface area contributed by atoms with E-state index in [0.717, 1.165) is 17.7 Å². The SMILES string of the molecule is COCCOC1[C@@H](OP(O)(=S)OC[C@H]2O[C@H](N3CCC(=O)NC3)C(OCCOC)[C@H]2OP(O)(=S)OC[C@H]2O[C@H](N3CCC(N)NC3O)C(C)[C@H]2C)[C@@H](COP(O)(=S)OC)O[C@H]1n1ccc(=O)[nH]c1=O. The van der Waals surface area contributed by atoms with Crippen LogP contribution in [0.3, 0.4) is 0 Å². The summed E-state index contributed by atoms with van der Waals surface area (Å²) in [5, 5.41) is 16.4. The van der Waals surface area contributed by atoms with Crippen molar-refractivity contribution < 1.29 is 84.9 Å². The van der Waals surface area contributed by atoms with Crippen molar-refractivity contribution in [1.82, 2.24) is 30.0 Å². The maximum absolute atomic E-state index is 13.0. The van der Waals surface area contributed by atoms with Gasteiger partial charge in [0.25, 0.3) is 5.56 Å². The first kappa shape index (κ1) is 57.5. The molecule has 5 fully saturated rings. The van der Waals surface area contributed by atoms with E-state index in [1.807, 2.05) is 13.8 Å². The fraction of sp³-hybridized carbons (Fsp3) is 0.861. The maximum Gasteiger partial charge on any atom is 0.330 e. The molecule has 6 heterocycles. The highest BCUT2D eigenvalue weighted by Crippen LogP contribution is 2.53. The largest absolute Gasteiger partial charge is 0.382 e. The molecule has 69 heavy (non-hydrogen) atoms. The molecule has 8 unspecified atom stereocenters. The summed E-state index contributed by atoms with van der Waals surface area (Å²) in [5.41, 5.74) is 4.42. The lowest BCUT2D eigenvalue weighted by Gasteiger charge is -2.40. The number of aliphatic hydroxyl groups is 1. The van der Waals surface area contributed by atoms with Crippen molar-refractivity contribution in [3.63, 3.8) is 0 Å². The molecule has 5 aliphatic rings. The van der Waals surface area contributed by atoms with E-state index < -0.39 is 112 Å². The molecule has 33 heteroatoms. The van der Waals surface area contributed by atoms with E-state index in [0.29, 0.717) is 13.0 Å². The number of nitrogens with zero attached hydrogens (tertiary/aromatic N) is 3. The van der Waals surface area contributed by atoms with Crippen LogP contribution in [0.5, 0.6) is 0 Å². The van der Waals surface area contributed by atoms with E-state index in [2.05, 4.69) is 15.6 Å². The van der Waals surface area contributed by atoms with Crippen LogP contribution in [0, 0.1) is 11.8 Å². The number of aromatic amines is 1. The summed E-state index contributed by atoms with van der Waals surface area (Å²) in [4.78, 5) is 76.9. The smallest absolute Gasteiger partial charge is 0.330 e. The average Bonchev–Trinajstić information content (AvgIpc) is 3.90. The third kappa shape index (κ3) is 15.4. The number of H-pyrrole nitrogens is 1. The Kier molecular flexibility index (Phi) is 21.4. The van der Waals surface area contributed by atoms with Crippen LogP contribution in [0.1, 0.15) is 32.9 Å². The molecule has 27 nitrogen and oxygen atoms in total. The van der Waals surface area contributed by atoms with Gasteiger partial charge in [-0.1, -0.05) is 13.8 Å². The van der Waals surface area contributed by atoms with Gasteiger partial charge < -0.3 is 82.1 Å². The van der Waals surface area contributed by atoms with E-state index >= 15 is 0 Å². The molecular formula is C36H64N7O20P3S3. The summed E-state index contributed by atoms with van der Waals surface area (Å²) in [7, 11) is 4.06. The number of nitrogens with one attached hydrogen (secondary N) is 3. The van der Waals surface area contributed by atoms with E-state index in [1.165, 1.54) is 20.4 Å². The Hall–Kier alpha value is -0.740. The second-order valence-electron chi connectivity index (χ2n) is 16.7. The van der Waals surface area contributed by atoms with E-state index in [4.69, 9.17) is 101 Å². The van der Waals surface area contributed by atoms with Gasteiger partial charge in [0.05, 0.1) is 65.2 Å². The molecule has 0 saturated carbocycles. The van der Waals surface area contributed by atoms with Crippen molar-refractivity contribution in [2.24, 2.45) is 17.6 Å². The second kappa shape index (κ2) is 25.7. The molecule has 0 bridgehead atoms. The first-order chi connectivity index (χ1) is 32.7. The minimum Gasteiger partial charge on any atom is -0.382 e. The van der Waals surface area contributed by atoms with Crippen LogP contribution in [0.2, 0.25) is 0 Å². The van der Waals surface area contributed by atoms with E-state index in [9.17, 15) is 34.2 Å². The molecule has 0 aliphatic carbocycles. The highest BCUT2D eigenvalue weighted by Gasteiger charge is 2.54. The normalized spacial score (nSPS) is 36.2. The summed E-state index contributed by atoms with van der Waals surface area (Å²) in [6.45, 7) is -8.86. The first-order valence-corrected chi connectivity index (χ1v) is 29.7. The molecule has 1 amide bonds. The lowest BCUT2D eigenvalue weighted by atomic mass is 9.92. The molecule has 17 atom stereocenters. The molecule has 1 aromatic rings. The quantitative estimate of drug-likeness (QED) is 0.0387. The van der Waals surface area contributed by atoms with Crippen molar-refractivity contribution in [2.45, 2.75) is 101 Å². The summed E-state index contributed by atoms with van der Waals surface area (Å²) < 4.78 is 77.6. The second-order valence-corrected chi connectivity index (χ2v) is 25.2. The molecule has 0 spiro atoms. The Morgan fingerprint density at radius 1 is 0.754 bits per heavy atom. The Labute approximate surface area is 413 Å². The number of rotatable bonds is 25. The minimum absolute atomic E-state index is 0.0274. The van der Waals surface area contributed by atoms with Crippen LogP contribution < -0.4 is 27.6 Å². The van der Waals surface area contributed by atoms with Crippen LogP contribution in [0.25, 0.3) is 0 Å².